The van der Waals surface area contributed by atoms with Crippen LogP contribution in [0.3, 0.4) is 0 Å². The second-order valence-corrected chi connectivity index (χ2v) is 3.90. The van der Waals surface area contributed by atoms with Crippen molar-refractivity contribution in [1.29, 1.82) is 0 Å². The molecule has 0 bridgehead atoms. The van der Waals surface area contributed by atoms with Gasteiger partial charge >= 0.3 is 11.9 Å². The van der Waals surface area contributed by atoms with Gasteiger partial charge in [-0.05, 0) is 6.92 Å². The Labute approximate surface area is 122 Å². The third-order valence-electron chi connectivity index (χ3n) is 1.79. The number of aliphatic carboxylic acids is 2. The van der Waals surface area contributed by atoms with Gasteiger partial charge in [0, 0.05) is 0 Å². The molecule has 0 aromatic heterocycles. The van der Waals surface area contributed by atoms with Crippen molar-refractivity contribution in [1.82, 2.24) is 0 Å². The number of hydrogen-bond donors (Lipinski definition) is 5. The Morgan fingerprint density at radius 1 is 0.905 bits per heavy atom. The summed E-state index contributed by atoms with van der Waals surface area (Å²) in [6, 6.07) is 10.1. The number of carboxylic acids is 2. The van der Waals surface area contributed by atoms with Crippen LogP contribution < -0.4 is 17.2 Å². The number of primary amides is 1. The molecule has 0 saturated heterocycles. The first-order valence-corrected chi connectivity index (χ1v) is 5.93. The van der Waals surface area contributed by atoms with Crippen molar-refractivity contribution in [2.24, 2.45) is 17.2 Å². The monoisotopic (exact) mass is 299 g/mol. The van der Waals surface area contributed by atoms with E-state index in [1.54, 1.807) is 0 Å². The van der Waals surface area contributed by atoms with Crippen LogP contribution in [0, 0.1) is 0 Å². The maximum Gasteiger partial charge on any atom is 0.321 e. The van der Waals surface area contributed by atoms with E-state index in [0.717, 1.165) is 0 Å². The SMILES string of the molecule is CC(N)C(=O)O.NC(=O)CC(N)C(=O)O.c1ccccc1. The van der Waals surface area contributed by atoms with Crippen LogP contribution in [-0.2, 0) is 14.4 Å². The Morgan fingerprint density at radius 3 is 1.29 bits per heavy atom. The summed E-state index contributed by atoms with van der Waals surface area (Å²) in [6.45, 7) is 1.42. The van der Waals surface area contributed by atoms with Crippen molar-refractivity contribution in [2.75, 3.05) is 0 Å². The number of rotatable bonds is 4. The fourth-order valence-electron chi connectivity index (χ4n) is 0.689. The summed E-state index contributed by atoms with van der Waals surface area (Å²) in [6.07, 6.45) is -0.310. The van der Waals surface area contributed by atoms with Gasteiger partial charge in [-0.15, -0.1) is 0 Å². The van der Waals surface area contributed by atoms with E-state index in [4.69, 9.17) is 21.7 Å². The van der Waals surface area contributed by atoms with Crippen molar-refractivity contribution in [3.63, 3.8) is 0 Å². The molecular formula is C13H21N3O5. The van der Waals surface area contributed by atoms with E-state index >= 15 is 0 Å². The van der Waals surface area contributed by atoms with Gasteiger partial charge in [-0.3, -0.25) is 14.4 Å². The predicted octanol–water partition coefficient (Wildman–Crippen LogP) is -0.621. The van der Waals surface area contributed by atoms with E-state index in [2.05, 4.69) is 5.73 Å². The van der Waals surface area contributed by atoms with Crippen molar-refractivity contribution in [2.45, 2.75) is 25.4 Å². The Balaban J connectivity index is 0. The van der Waals surface area contributed by atoms with Gasteiger partial charge in [0.15, 0.2) is 0 Å². The largest absolute Gasteiger partial charge is 0.480 e. The highest BCUT2D eigenvalue weighted by Crippen LogP contribution is 1.84. The topological polar surface area (TPSA) is 170 Å². The van der Waals surface area contributed by atoms with Crippen LogP contribution in [0.15, 0.2) is 36.4 Å². The molecule has 21 heavy (non-hydrogen) atoms. The Bertz CT molecular complexity index is 396. The van der Waals surface area contributed by atoms with Gasteiger partial charge in [-0.25, -0.2) is 0 Å². The maximum atomic E-state index is 9.99. The van der Waals surface area contributed by atoms with E-state index in [1.807, 2.05) is 36.4 Å². The summed E-state index contributed by atoms with van der Waals surface area (Å²) in [4.78, 5) is 29.5. The zero-order valence-electron chi connectivity index (χ0n) is 11.7. The smallest absolute Gasteiger partial charge is 0.321 e. The zero-order chi connectivity index (χ0) is 16.8. The van der Waals surface area contributed by atoms with Gasteiger partial charge in [0.2, 0.25) is 5.91 Å². The number of amides is 1. The summed E-state index contributed by atoms with van der Waals surface area (Å²) in [7, 11) is 0. The summed E-state index contributed by atoms with van der Waals surface area (Å²) < 4.78 is 0. The van der Waals surface area contributed by atoms with E-state index in [0.29, 0.717) is 0 Å². The van der Waals surface area contributed by atoms with Crippen LogP contribution in [0.2, 0.25) is 0 Å². The zero-order valence-corrected chi connectivity index (χ0v) is 11.7. The first kappa shape index (κ1) is 20.9. The number of benzene rings is 1. The predicted molar refractivity (Wildman–Crippen MR) is 77.1 cm³/mol. The van der Waals surface area contributed by atoms with Crippen LogP contribution in [0.5, 0.6) is 0 Å². The van der Waals surface area contributed by atoms with Crippen molar-refractivity contribution in [3.05, 3.63) is 36.4 Å². The second kappa shape index (κ2) is 12.6. The van der Waals surface area contributed by atoms with Gasteiger partial charge < -0.3 is 27.4 Å². The summed E-state index contributed by atoms with van der Waals surface area (Å²) in [5.41, 5.74) is 14.4. The van der Waals surface area contributed by atoms with Crippen LogP contribution in [-0.4, -0.2) is 40.1 Å². The normalized spacial score (nSPS) is 11.6. The third-order valence-corrected chi connectivity index (χ3v) is 1.79. The number of carbonyl (C=O) groups is 3. The molecule has 0 fully saturated rings. The number of nitrogens with two attached hydrogens (primary N) is 3. The van der Waals surface area contributed by atoms with Gasteiger partial charge in [0.05, 0.1) is 6.42 Å². The Morgan fingerprint density at radius 2 is 1.19 bits per heavy atom. The molecule has 1 amide bonds. The van der Waals surface area contributed by atoms with Gasteiger partial charge in [0.1, 0.15) is 12.1 Å². The lowest BCUT2D eigenvalue weighted by Crippen LogP contribution is -2.34. The first-order chi connectivity index (χ1) is 9.68. The Kier molecular flexibility index (Phi) is 12.5. The van der Waals surface area contributed by atoms with E-state index in [-0.39, 0.29) is 6.42 Å². The van der Waals surface area contributed by atoms with Crippen molar-refractivity contribution >= 4 is 17.8 Å². The van der Waals surface area contributed by atoms with Crippen LogP contribution in [0.25, 0.3) is 0 Å². The lowest BCUT2D eigenvalue weighted by molar-refractivity contribution is -0.140. The Hall–Kier alpha value is -2.45. The highest BCUT2D eigenvalue weighted by atomic mass is 16.4. The lowest BCUT2D eigenvalue weighted by atomic mass is 10.2. The highest BCUT2D eigenvalue weighted by molar-refractivity contribution is 5.83. The highest BCUT2D eigenvalue weighted by Gasteiger charge is 2.13. The quantitative estimate of drug-likeness (QED) is 0.493. The molecule has 8 nitrogen and oxygen atoms in total. The van der Waals surface area contributed by atoms with E-state index in [9.17, 15) is 14.4 Å². The summed E-state index contributed by atoms with van der Waals surface area (Å²) >= 11 is 0. The average Bonchev–Trinajstić information content (AvgIpc) is 2.41. The van der Waals surface area contributed by atoms with E-state index < -0.39 is 29.9 Å². The summed E-state index contributed by atoms with van der Waals surface area (Å²) in [5, 5.41) is 16.0. The molecule has 8 heteroatoms. The molecule has 1 rings (SSSR count). The minimum atomic E-state index is -1.21. The average molecular weight is 299 g/mol. The molecule has 0 heterocycles. The molecule has 0 spiro atoms. The summed E-state index contributed by atoms with van der Waals surface area (Å²) in [5.74, 6) is -2.88. The number of carbonyl (C=O) groups excluding carboxylic acids is 1. The first-order valence-electron chi connectivity index (χ1n) is 5.93. The maximum absolute atomic E-state index is 9.99. The standard InChI is InChI=1S/C6H6.C4H8N2O3.C3H7NO2/c1-2-4-6-5-3-1;5-2(4(8)9)1-3(6)7;1-2(4)3(5)6/h1-6H;2H,1,5H2,(H2,6,7)(H,8,9);2H,4H2,1H3,(H,5,6). The van der Waals surface area contributed by atoms with Gasteiger partial charge in [0.25, 0.3) is 0 Å². The van der Waals surface area contributed by atoms with Gasteiger partial charge in [-0.2, -0.15) is 0 Å². The fraction of sp³-hybridized carbons (Fsp3) is 0.308. The molecule has 118 valence electrons. The molecular weight excluding hydrogens is 278 g/mol. The minimum Gasteiger partial charge on any atom is -0.480 e. The van der Waals surface area contributed by atoms with Crippen molar-refractivity contribution < 1.29 is 24.6 Å². The molecule has 0 aliphatic carbocycles. The fourth-order valence-corrected chi connectivity index (χ4v) is 0.689. The number of carboxylic acid groups (broad SMARTS) is 2. The van der Waals surface area contributed by atoms with Crippen LogP contribution in [0.4, 0.5) is 0 Å². The molecule has 1 aromatic carbocycles. The molecule has 0 radical (unpaired) electrons. The van der Waals surface area contributed by atoms with Gasteiger partial charge in [-0.1, -0.05) is 36.4 Å². The van der Waals surface area contributed by atoms with E-state index in [1.165, 1.54) is 6.92 Å². The molecule has 2 atom stereocenters. The molecule has 8 N–H and O–H groups in total. The van der Waals surface area contributed by atoms with Crippen molar-refractivity contribution in [3.8, 4) is 0 Å². The molecule has 2 unspecified atom stereocenters. The second-order valence-electron chi connectivity index (χ2n) is 3.90. The third kappa shape index (κ3) is 17.6. The molecule has 1 aromatic rings. The lowest BCUT2D eigenvalue weighted by Gasteiger charge is -1.99. The molecule has 0 aliphatic rings. The number of hydrogen-bond acceptors (Lipinski definition) is 5. The minimum absolute atomic E-state index is 0.310. The molecule has 0 saturated carbocycles. The van der Waals surface area contributed by atoms with Crippen LogP contribution in [0.1, 0.15) is 13.3 Å². The van der Waals surface area contributed by atoms with Crippen LogP contribution >= 0.6 is 0 Å². The molecule has 0 aliphatic heterocycles.